The van der Waals surface area contributed by atoms with Crippen molar-refractivity contribution in [1.82, 2.24) is 9.88 Å². The molecule has 6 nitrogen and oxygen atoms in total. The van der Waals surface area contributed by atoms with Gasteiger partial charge in [-0.1, -0.05) is 28.1 Å². The summed E-state index contributed by atoms with van der Waals surface area (Å²) in [6.45, 7) is 3.75. The van der Waals surface area contributed by atoms with Gasteiger partial charge >= 0.3 is 5.97 Å². The van der Waals surface area contributed by atoms with Crippen molar-refractivity contribution in [1.29, 1.82) is 0 Å². The number of carbonyl (C=O) groups excluding carboxylic acids is 1. The predicted molar refractivity (Wildman–Crippen MR) is 87.1 cm³/mol. The first-order chi connectivity index (χ1) is 10.9. The molecule has 0 atom stereocenters. The van der Waals surface area contributed by atoms with Gasteiger partial charge in [-0.05, 0) is 24.6 Å². The van der Waals surface area contributed by atoms with E-state index in [1.807, 2.05) is 24.3 Å². The fourth-order valence-corrected chi connectivity index (χ4v) is 2.66. The normalized spacial score (nSPS) is 10.6. The van der Waals surface area contributed by atoms with Crippen LogP contribution in [0.15, 0.2) is 33.2 Å². The van der Waals surface area contributed by atoms with Crippen LogP contribution in [0.3, 0.4) is 0 Å². The summed E-state index contributed by atoms with van der Waals surface area (Å²) in [6.07, 6.45) is -0.133. The van der Waals surface area contributed by atoms with Crippen LogP contribution in [0.2, 0.25) is 0 Å². The first-order valence-corrected chi connectivity index (χ1v) is 7.85. The summed E-state index contributed by atoms with van der Waals surface area (Å²) in [7, 11) is 0. The van der Waals surface area contributed by atoms with Gasteiger partial charge in [0.25, 0.3) is 5.91 Å². The van der Waals surface area contributed by atoms with Crippen LogP contribution < -0.4 is 0 Å². The molecule has 0 aliphatic heterocycles. The lowest BCUT2D eigenvalue weighted by atomic mass is 10.2. The number of aromatic nitrogens is 1. The summed E-state index contributed by atoms with van der Waals surface area (Å²) in [4.78, 5) is 29.1. The molecule has 0 fully saturated rings. The number of hydrogen-bond acceptors (Lipinski definition) is 4. The molecule has 1 aromatic heterocycles. The molecule has 2 aromatic rings. The molecule has 0 saturated carbocycles. The smallest absolute Gasteiger partial charge is 0.305 e. The minimum atomic E-state index is -0.956. The molecule has 122 valence electrons. The predicted octanol–water partition coefficient (Wildman–Crippen LogP) is 3.17. The average Bonchev–Trinajstić information content (AvgIpc) is 2.81. The highest BCUT2D eigenvalue weighted by atomic mass is 79.9. The van der Waals surface area contributed by atoms with Crippen LogP contribution in [-0.4, -0.2) is 33.4 Å². The molecule has 0 unspecified atom stereocenters. The molecule has 0 aliphatic carbocycles. The first-order valence-electron chi connectivity index (χ1n) is 7.06. The van der Waals surface area contributed by atoms with Gasteiger partial charge < -0.3 is 14.4 Å². The second kappa shape index (κ2) is 7.41. The minimum absolute atomic E-state index is 0.0971. The van der Waals surface area contributed by atoms with Gasteiger partial charge in [0.1, 0.15) is 0 Å². The maximum absolute atomic E-state index is 12.7. The number of halogens is 1. The van der Waals surface area contributed by atoms with Gasteiger partial charge in [0, 0.05) is 24.5 Å². The summed E-state index contributed by atoms with van der Waals surface area (Å²) >= 11 is 3.39. The number of carboxylic acid groups (broad SMARTS) is 1. The summed E-state index contributed by atoms with van der Waals surface area (Å²) in [5.74, 6) is -0.749. The Balaban J connectivity index is 2.24. The van der Waals surface area contributed by atoms with Crippen LogP contribution in [0.5, 0.6) is 0 Å². The molecule has 7 heteroatoms. The molecule has 0 bridgehead atoms. The number of carboxylic acids is 1. The Hall–Kier alpha value is -2.15. The van der Waals surface area contributed by atoms with E-state index in [1.165, 1.54) is 4.90 Å². The number of hydrogen-bond donors (Lipinski definition) is 1. The van der Waals surface area contributed by atoms with E-state index >= 15 is 0 Å². The van der Waals surface area contributed by atoms with Crippen LogP contribution in [0, 0.1) is 13.8 Å². The van der Waals surface area contributed by atoms with Crippen LogP contribution in [0.4, 0.5) is 0 Å². The Bertz CT molecular complexity index is 727. The van der Waals surface area contributed by atoms with Crippen molar-refractivity contribution in [3.05, 3.63) is 51.6 Å². The van der Waals surface area contributed by atoms with Crippen molar-refractivity contribution in [2.24, 2.45) is 0 Å². The number of nitrogens with zero attached hydrogens (tertiary/aromatic N) is 2. The molecule has 0 radical (unpaired) electrons. The van der Waals surface area contributed by atoms with E-state index < -0.39 is 5.97 Å². The van der Waals surface area contributed by atoms with Crippen LogP contribution in [0.25, 0.3) is 0 Å². The molecule has 2 rings (SSSR count). The third-order valence-electron chi connectivity index (χ3n) is 3.24. The fraction of sp³-hybridized carbons (Fsp3) is 0.312. The first kappa shape index (κ1) is 17.2. The molecular weight excluding hydrogens is 364 g/mol. The van der Waals surface area contributed by atoms with E-state index in [2.05, 4.69) is 20.9 Å². The minimum Gasteiger partial charge on any atom is -0.481 e. The molecule has 1 amide bonds. The maximum atomic E-state index is 12.7. The van der Waals surface area contributed by atoms with Gasteiger partial charge in [0.2, 0.25) is 5.76 Å². The van der Waals surface area contributed by atoms with Crippen molar-refractivity contribution in [2.45, 2.75) is 26.8 Å². The summed E-state index contributed by atoms with van der Waals surface area (Å²) in [5, 5.41) is 8.90. The highest BCUT2D eigenvalue weighted by Gasteiger charge is 2.23. The Labute approximate surface area is 142 Å². The highest BCUT2D eigenvalue weighted by Crippen LogP contribution is 2.17. The Morgan fingerprint density at radius 3 is 2.65 bits per heavy atom. The largest absolute Gasteiger partial charge is 0.481 e. The lowest BCUT2D eigenvalue weighted by Crippen LogP contribution is -2.32. The monoisotopic (exact) mass is 380 g/mol. The molecule has 1 heterocycles. The fourth-order valence-electron chi connectivity index (χ4n) is 2.21. The van der Waals surface area contributed by atoms with E-state index in [1.54, 1.807) is 13.8 Å². The zero-order valence-electron chi connectivity index (χ0n) is 12.9. The molecule has 1 aromatic carbocycles. The number of rotatable bonds is 6. The second-order valence-corrected chi connectivity index (χ2v) is 6.06. The Morgan fingerprint density at radius 2 is 2.09 bits per heavy atom. The van der Waals surface area contributed by atoms with Crippen LogP contribution in [-0.2, 0) is 11.3 Å². The summed E-state index contributed by atoms with van der Waals surface area (Å²) in [5.41, 5.74) is 1.40. The van der Waals surface area contributed by atoms with Gasteiger partial charge in [0.05, 0.1) is 12.1 Å². The SMILES string of the molecule is Cc1nc(C)c(C(=O)N(CCC(=O)O)Cc2cccc(Br)c2)o1. The Morgan fingerprint density at radius 1 is 1.35 bits per heavy atom. The standard InChI is InChI=1S/C16H17BrN2O4/c1-10-15(23-11(2)18-10)16(22)19(7-6-14(20)21)9-12-4-3-5-13(17)8-12/h3-5,8H,6-7,9H2,1-2H3,(H,20,21). The molecular formula is C16H17BrN2O4. The number of aliphatic carboxylic acids is 1. The van der Waals surface area contributed by atoms with Gasteiger partial charge in [0.15, 0.2) is 5.89 Å². The van der Waals surface area contributed by atoms with Crippen LogP contribution >= 0.6 is 15.9 Å². The maximum Gasteiger partial charge on any atom is 0.305 e. The van der Waals surface area contributed by atoms with Crippen molar-refractivity contribution in [3.63, 3.8) is 0 Å². The lowest BCUT2D eigenvalue weighted by Gasteiger charge is -2.21. The van der Waals surface area contributed by atoms with Gasteiger partial charge in [-0.3, -0.25) is 9.59 Å². The number of benzene rings is 1. The van der Waals surface area contributed by atoms with E-state index in [4.69, 9.17) is 9.52 Å². The van der Waals surface area contributed by atoms with Gasteiger partial charge in [-0.2, -0.15) is 0 Å². The molecule has 0 spiro atoms. The molecule has 1 N–H and O–H groups in total. The van der Waals surface area contributed by atoms with E-state index in [-0.39, 0.29) is 24.6 Å². The lowest BCUT2D eigenvalue weighted by molar-refractivity contribution is -0.137. The summed E-state index contributed by atoms with van der Waals surface area (Å²) in [6, 6.07) is 7.52. The third-order valence-corrected chi connectivity index (χ3v) is 3.74. The van der Waals surface area contributed by atoms with Crippen molar-refractivity contribution in [3.8, 4) is 0 Å². The second-order valence-electron chi connectivity index (χ2n) is 5.15. The molecule has 0 saturated heterocycles. The number of amides is 1. The van der Waals surface area contributed by atoms with Crippen LogP contribution in [0.1, 0.15) is 34.1 Å². The summed E-state index contributed by atoms with van der Waals surface area (Å²) < 4.78 is 6.26. The quantitative estimate of drug-likeness (QED) is 0.831. The van der Waals surface area contributed by atoms with E-state index in [9.17, 15) is 9.59 Å². The van der Waals surface area contributed by atoms with Gasteiger partial charge in [-0.15, -0.1) is 0 Å². The molecule has 23 heavy (non-hydrogen) atoms. The van der Waals surface area contributed by atoms with Crippen molar-refractivity contribution in [2.75, 3.05) is 6.54 Å². The number of aryl methyl sites for hydroxylation is 2. The van der Waals surface area contributed by atoms with Crippen molar-refractivity contribution < 1.29 is 19.1 Å². The Kier molecular flexibility index (Phi) is 5.54. The topological polar surface area (TPSA) is 83.6 Å². The van der Waals surface area contributed by atoms with E-state index in [0.717, 1.165) is 10.0 Å². The van der Waals surface area contributed by atoms with Crippen molar-refractivity contribution >= 4 is 27.8 Å². The number of oxazole rings is 1. The number of carbonyl (C=O) groups is 2. The average molecular weight is 381 g/mol. The highest BCUT2D eigenvalue weighted by molar-refractivity contribution is 9.10. The van der Waals surface area contributed by atoms with E-state index in [0.29, 0.717) is 18.1 Å². The third kappa shape index (κ3) is 4.66. The molecule has 0 aliphatic rings. The zero-order chi connectivity index (χ0) is 17.0. The van der Waals surface area contributed by atoms with Gasteiger partial charge in [-0.25, -0.2) is 4.98 Å². The zero-order valence-corrected chi connectivity index (χ0v) is 14.5.